The lowest BCUT2D eigenvalue weighted by molar-refractivity contribution is -0.385. The molecule has 0 atom stereocenters. The van der Waals surface area contributed by atoms with E-state index in [2.05, 4.69) is 19.2 Å². The molecule has 104 heavy (non-hydrogen) atoms. The Morgan fingerprint density at radius 2 is 0.837 bits per heavy atom. The molecule has 0 radical (unpaired) electrons. The van der Waals surface area contributed by atoms with E-state index in [0.717, 1.165) is 28.2 Å². The van der Waals surface area contributed by atoms with Crippen LogP contribution in [0.2, 0.25) is 0 Å². The van der Waals surface area contributed by atoms with Gasteiger partial charge < -0.3 is 94.7 Å². The Bertz CT molecular complexity index is 3980. The number of rotatable bonds is 38. The van der Waals surface area contributed by atoms with Crippen LogP contribution in [0.5, 0.6) is 34.5 Å². The van der Waals surface area contributed by atoms with Gasteiger partial charge in [0.15, 0.2) is 36.2 Å². The summed E-state index contributed by atoms with van der Waals surface area (Å²) >= 11 is 0. The fraction of sp³-hybridized carbons (Fsp3) is 0.333. The monoisotopic (exact) mass is 1470 g/mol. The van der Waals surface area contributed by atoms with Crippen molar-refractivity contribution in [3.05, 3.63) is 160 Å². The standard InChI is InChI=1S/C33H34N2O13.C33H34N2O11.C6H15O3P/c1-42-30(36)19-34(20-31(37)43-2)25-14-10-22(9-11-23-12-13-24(33(39)45-4)18-26(23)35(40)41)17-29(25)47-16-15-46-27-7-5-6-8-28(27)48-21-32(38)44-3;1-40-30(36)18-35(19-31(37)41-2)26-12-11-22(24-15-21-9-10-23(33(39)43-4)16-25(21)34-24)17-29(26)45-14-13-44-27-7-5-6-8-28(27)46-20-32(38)42-3;1-4-7-10(8-5-2)9-6-3/h5-14,17-18H,15-16,19-21H2,1-4H3;5-12,15-17,34H,13-14,18-20H2,1-4H3;4-6H2,1-3H3/b11-9+;;. The molecule has 0 aliphatic carbocycles. The number of carbonyl (C=O) groups excluding carboxylic acids is 8. The third-order valence-corrected chi connectivity index (χ3v) is 15.4. The number of benzene rings is 6. The first kappa shape index (κ1) is 83.1. The average molecular weight is 1470 g/mol. The van der Waals surface area contributed by atoms with Crippen LogP contribution in [0.1, 0.15) is 52.6 Å². The third-order valence-electron chi connectivity index (χ3n) is 14.0. The second-order valence-corrected chi connectivity index (χ2v) is 22.0. The molecule has 1 aromatic heterocycles. The second kappa shape index (κ2) is 44.7. The molecular weight excluding hydrogens is 1380 g/mol. The van der Waals surface area contributed by atoms with Gasteiger partial charge >= 0.3 is 56.4 Å². The topological polar surface area (TPSA) is 359 Å². The number of aromatic nitrogens is 1. The van der Waals surface area contributed by atoms with Crippen molar-refractivity contribution in [2.24, 2.45) is 0 Å². The van der Waals surface area contributed by atoms with Gasteiger partial charge in [0, 0.05) is 28.2 Å². The highest BCUT2D eigenvalue weighted by Gasteiger charge is 2.24. The van der Waals surface area contributed by atoms with Crippen molar-refractivity contribution in [2.45, 2.75) is 20.8 Å². The lowest BCUT2D eigenvalue weighted by atomic mass is 10.1. The summed E-state index contributed by atoms with van der Waals surface area (Å²) in [6.07, 6.45) is 3.08. The van der Waals surface area contributed by atoms with Crippen molar-refractivity contribution in [3.63, 3.8) is 0 Å². The molecule has 0 aliphatic heterocycles. The van der Waals surface area contributed by atoms with Crippen LogP contribution in [0.25, 0.3) is 34.3 Å². The molecule has 0 aliphatic rings. The zero-order valence-corrected chi connectivity index (χ0v) is 60.2. The molecule has 0 saturated carbocycles. The maximum atomic E-state index is 12.3. The summed E-state index contributed by atoms with van der Waals surface area (Å²) in [7, 11) is 8.89. The quantitative estimate of drug-likeness (QED) is 0.00715. The molecule has 32 heteroatoms. The minimum atomic E-state index is -1.06. The number of hydrogen-bond acceptors (Lipinski definition) is 29. The molecule has 7 rings (SSSR count). The number of ether oxygens (including phenoxy) is 14. The molecule has 0 fully saturated rings. The van der Waals surface area contributed by atoms with Gasteiger partial charge in [-0.25, -0.2) is 19.2 Å². The first-order valence-corrected chi connectivity index (χ1v) is 32.9. The van der Waals surface area contributed by atoms with E-state index in [1.165, 1.54) is 84.9 Å². The highest BCUT2D eigenvalue weighted by Crippen LogP contribution is 2.39. The number of para-hydroxylation sites is 4. The van der Waals surface area contributed by atoms with Crippen LogP contribution < -0.4 is 38.2 Å². The molecule has 31 nitrogen and oxygen atoms in total. The molecule has 1 N–H and O–H groups in total. The van der Waals surface area contributed by atoms with Crippen molar-refractivity contribution < 1.29 is 123 Å². The molecule has 558 valence electrons. The number of H-pyrrole nitrogens is 1. The highest BCUT2D eigenvalue weighted by molar-refractivity contribution is 7.41. The molecule has 0 saturated heterocycles. The van der Waals surface area contributed by atoms with Crippen molar-refractivity contribution in [2.75, 3.05) is 152 Å². The Labute approximate surface area is 600 Å². The first-order chi connectivity index (χ1) is 50.2. The second-order valence-electron chi connectivity index (χ2n) is 20.8. The summed E-state index contributed by atoms with van der Waals surface area (Å²) in [5.74, 6) is -2.65. The first-order valence-electron chi connectivity index (χ1n) is 31.8. The number of nitro benzene ring substituents is 1. The maximum Gasteiger partial charge on any atom is 0.343 e. The number of nitro groups is 1. The zero-order valence-electron chi connectivity index (χ0n) is 59.3. The number of aromatic amines is 1. The van der Waals surface area contributed by atoms with Gasteiger partial charge in [-0.15, -0.1) is 0 Å². The Hall–Kier alpha value is -11.5. The molecule has 0 amide bonds. The van der Waals surface area contributed by atoms with Crippen LogP contribution in [-0.2, 0) is 80.2 Å². The summed E-state index contributed by atoms with van der Waals surface area (Å²) in [5, 5.41) is 12.6. The van der Waals surface area contributed by atoms with Gasteiger partial charge in [-0.2, -0.15) is 0 Å². The van der Waals surface area contributed by atoms with Gasteiger partial charge in [0.25, 0.3) is 5.69 Å². The van der Waals surface area contributed by atoms with Crippen LogP contribution in [0.15, 0.2) is 127 Å². The van der Waals surface area contributed by atoms with Crippen molar-refractivity contribution in [1.29, 1.82) is 0 Å². The SMILES string of the molecule is CCOP(OCC)OCC.COC(=O)COc1ccccc1OCCOc1cc(-c2cc3ccc(C(=O)OC)cc3[nH]2)ccc1N(CC(=O)OC)CC(=O)OC.COC(=O)COc1ccccc1OCCOc1cc(/C=C/c2ccc(C(=O)OC)cc2[N+](=O)[O-])ccc1N(CC(=O)OC)CC(=O)OC. The van der Waals surface area contributed by atoms with E-state index in [1.807, 2.05) is 32.9 Å². The van der Waals surface area contributed by atoms with Crippen LogP contribution >= 0.6 is 8.60 Å². The van der Waals surface area contributed by atoms with Gasteiger partial charge in [-0.1, -0.05) is 48.5 Å². The van der Waals surface area contributed by atoms with Crippen molar-refractivity contribution >= 4 is 96.5 Å². The predicted octanol–water partition coefficient (Wildman–Crippen LogP) is 9.82. The fourth-order valence-electron chi connectivity index (χ4n) is 9.01. The molecule has 0 bridgehead atoms. The number of methoxy groups -OCH3 is 8. The Morgan fingerprint density at radius 3 is 1.26 bits per heavy atom. The van der Waals surface area contributed by atoms with E-state index >= 15 is 0 Å². The largest absolute Gasteiger partial charge is 0.488 e. The van der Waals surface area contributed by atoms with Crippen LogP contribution in [-0.4, -0.2) is 200 Å². The van der Waals surface area contributed by atoms with E-state index in [4.69, 9.17) is 65.7 Å². The van der Waals surface area contributed by atoms with Gasteiger partial charge in [0.1, 0.15) is 64.1 Å². The van der Waals surface area contributed by atoms with E-state index in [1.54, 1.807) is 103 Å². The lowest BCUT2D eigenvalue weighted by Gasteiger charge is -2.25. The number of nitrogens with one attached hydrogen (secondary N) is 1. The molecule has 7 aromatic rings. The zero-order chi connectivity index (χ0) is 75.9. The molecule has 1 heterocycles. The molecule has 0 spiro atoms. The van der Waals surface area contributed by atoms with Crippen molar-refractivity contribution in [3.8, 4) is 45.8 Å². The Balaban J connectivity index is 0.000000330. The highest BCUT2D eigenvalue weighted by atomic mass is 31.2. The number of hydrogen-bond donors (Lipinski definition) is 1. The smallest absolute Gasteiger partial charge is 0.343 e. The predicted molar refractivity (Wildman–Crippen MR) is 379 cm³/mol. The number of carbonyl (C=O) groups is 8. The molecule has 6 aromatic carbocycles. The van der Waals surface area contributed by atoms with E-state index in [9.17, 15) is 48.5 Å². The van der Waals surface area contributed by atoms with Crippen molar-refractivity contribution in [1.82, 2.24) is 4.98 Å². The fourth-order valence-corrected chi connectivity index (χ4v) is 9.86. The van der Waals surface area contributed by atoms with Crippen LogP contribution in [0.3, 0.4) is 0 Å². The minimum Gasteiger partial charge on any atom is -0.488 e. The normalized spacial score (nSPS) is 10.5. The third kappa shape index (κ3) is 26.8. The number of nitrogens with zero attached hydrogens (tertiary/aromatic N) is 3. The van der Waals surface area contributed by atoms with Crippen LogP contribution in [0.4, 0.5) is 17.1 Å². The van der Waals surface area contributed by atoms with Gasteiger partial charge in [0.05, 0.1) is 110 Å². The summed E-state index contributed by atoms with van der Waals surface area (Å²) in [6.45, 7) is 6.15. The van der Waals surface area contributed by atoms with E-state index in [0.29, 0.717) is 71.1 Å². The van der Waals surface area contributed by atoms with Gasteiger partial charge in [-0.3, -0.25) is 29.3 Å². The van der Waals surface area contributed by atoms with E-state index < -0.39 is 61.3 Å². The Morgan fingerprint density at radius 1 is 0.433 bits per heavy atom. The van der Waals surface area contributed by atoms with Crippen LogP contribution in [0, 0.1) is 10.1 Å². The number of esters is 8. The summed E-state index contributed by atoms with van der Waals surface area (Å²) in [4.78, 5) is 113. The summed E-state index contributed by atoms with van der Waals surface area (Å²) in [6, 6.07) is 34.8. The summed E-state index contributed by atoms with van der Waals surface area (Å²) < 4.78 is 88.3. The summed E-state index contributed by atoms with van der Waals surface area (Å²) in [5.41, 5.74) is 3.85. The minimum absolute atomic E-state index is 0.0176. The molecule has 0 unspecified atom stereocenters. The van der Waals surface area contributed by atoms with Gasteiger partial charge in [0.2, 0.25) is 0 Å². The van der Waals surface area contributed by atoms with E-state index in [-0.39, 0.29) is 88.4 Å². The molecular formula is C72H83N4O27P. The maximum absolute atomic E-state index is 12.3. The number of fused-ring (bicyclic) bond motifs is 1. The number of anilines is 2. The lowest BCUT2D eigenvalue weighted by Crippen LogP contribution is -2.36. The van der Waals surface area contributed by atoms with Gasteiger partial charge in [-0.05, 0) is 111 Å². The Kier molecular flexibility index (Phi) is 35.7. The average Bonchev–Trinajstić information content (AvgIpc) is 1.53.